The predicted molar refractivity (Wildman–Crippen MR) is 52.0 cm³/mol. The maximum absolute atomic E-state index is 13.2. The zero-order valence-corrected chi connectivity index (χ0v) is 8.28. The number of hydrogen-bond donors (Lipinski definition) is 3. The minimum Gasteiger partial charge on any atom is -0.505 e. The second-order valence-corrected chi connectivity index (χ2v) is 3.46. The first kappa shape index (κ1) is 12.4. The van der Waals surface area contributed by atoms with Crippen molar-refractivity contribution >= 4 is 5.97 Å². The predicted octanol–water partition coefficient (Wildman–Crippen LogP) is 1.01. The van der Waals surface area contributed by atoms with Crippen molar-refractivity contribution in [2.45, 2.75) is 18.9 Å². The molecule has 6 heteroatoms. The van der Waals surface area contributed by atoms with E-state index in [2.05, 4.69) is 0 Å². The topological polar surface area (TPSA) is 83.6 Å². The zero-order chi connectivity index (χ0) is 12.3. The van der Waals surface area contributed by atoms with Gasteiger partial charge in [0, 0.05) is 12.1 Å². The summed E-state index contributed by atoms with van der Waals surface area (Å²) < 4.78 is 26.1. The second-order valence-electron chi connectivity index (χ2n) is 3.46. The number of rotatable bonds is 4. The van der Waals surface area contributed by atoms with Gasteiger partial charge >= 0.3 is 5.97 Å². The molecule has 0 aliphatic carbocycles. The van der Waals surface area contributed by atoms with Gasteiger partial charge in [0.1, 0.15) is 5.82 Å². The molecule has 1 aromatic rings. The van der Waals surface area contributed by atoms with E-state index in [1.807, 2.05) is 0 Å². The number of halogens is 2. The highest BCUT2D eigenvalue weighted by Gasteiger charge is 2.14. The van der Waals surface area contributed by atoms with Crippen molar-refractivity contribution in [2.24, 2.45) is 5.73 Å². The number of phenolic OH excluding ortho intramolecular Hbond substituents is 1. The van der Waals surface area contributed by atoms with Crippen LogP contribution in [0.4, 0.5) is 8.78 Å². The smallest absolute Gasteiger partial charge is 0.304 e. The molecule has 0 bridgehead atoms. The fourth-order valence-corrected chi connectivity index (χ4v) is 1.31. The van der Waals surface area contributed by atoms with Crippen molar-refractivity contribution in [1.29, 1.82) is 0 Å². The molecule has 0 amide bonds. The SMILES string of the molecule is N[C@@H](CC(=O)O)Cc1cc(F)c(O)cc1F. The van der Waals surface area contributed by atoms with E-state index in [4.69, 9.17) is 15.9 Å². The van der Waals surface area contributed by atoms with Gasteiger partial charge in [0.25, 0.3) is 0 Å². The van der Waals surface area contributed by atoms with Crippen molar-refractivity contribution in [3.05, 3.63) is 29.3 Å². The highest BCUT2D eigenvalue weighted by Crippen LogP contribution is 2.21. The summed E-state index contributed by atoms with van der Waals surface area (Å²) in [4.78, 5) is 10.3. The van der Waals surface area contributed by atoms with E-state index in [-0.39, 0.29) is 18.4 Å². The number of carboxylic acids is 1. The fraction of sp³-hybridized carbons (Fsp3) is 0.300. The van der Waals surface area contributed by atoms with E-state index >= 15 is 0 Å². The molecule has 16 heavy (non-hydrogen) atoms. The summed E-state index contributed by atoms with van der Waals surface area (Å²) in [5.41, 5.74) is 5.38. The summed E-state index contributed by atoms with van der Waals surface area (Å²) in [5.74, 6) is -3.65. The zero-order valence-electron chi connectivity index (χ0n) is 8.28. The number of nitrogens with two attached hydrogens (primary N) is 1. The van der Waals surface area contributed by atoms with Crippen LogP contribution < -0.4 is 5.73 Å². The third kappa shape index (κ3) is 3.16. The molecule has 0 aliphatic rings. The first-order valence-corrected chi connectivity index (χ1v) is 4.54. The molecule has 1 aromatic carbocycles. The summed E-state index contributed by atoms with van der Waals surface area (Å²) in [6.45, 7) is 0. The molecule has 0 spiro atoms. The van der Waals surface area contributed by atoms with E-state index in [0.29, 0.717) is 6.07 Å². The van der Waals surface area contributed by atoms with Crippen LogP contribution in [0.15, 0.2) is 12.1 Å². The van der Waals surface area contributed by atoms with Crippen LogP contribution in [0, 0.1) is 11.6 Å². The van der Waals surface area contributed by atoms with Gasteiger partial charge in [-0.3, -0.25) is 4.79 Å². The highest BCUT2D eigenvalue weighted by atomic mass is 19.1. The van der Waals surface area contributed by atoms with Gasteiger partial charge in [-0.25, -0.2) is 8.78 Å². The van der Waals surface area contributed by atoms with Crippen molar-refractivity contribution in [3.8, 4) is 5.75 Å². The molecule has 1 rings (SSSR count). The summed E-state index contributed by atoms with van der Waals surface area (Å²) in [6.07, 6.45) is -0.433. The standard InChI is InChI=1S/C10H11F2NO3/c11-7-4-9(14)8(12)2-5(7)1-6(13)3-10(15)16/h2,4,6,14H,1,3,13H2,(H,15,16)/t6-/m1/s1. The molecule has 1 atom stereocenters. The maximum atomic E-state index is 13.2. The number of carbonyl (C=O) groups is 1. The van der Waals surface area contributed by atoms with Crippen LogP contribution in [-0.4, -0.2) is 22.2 Å². The van der Waals surface area contributed by atoms with Crippen LogP contribution in [0.25, 0.3) is 0 Å². The van der Waals surface area contributed by atoms with Gasteiger partial charge in [0.15, 0.2) is 11.6 Å². The third-order valence-electron chi connectivity index (χ3n) is 2.03. The van der Waals surface area contributed by atoms with Gasteiger partial charge in [0.2, 0.25) is 0 Å². The summed E-state index contributed by atoms with van der Waals surface area (Å²) in [5, 5.41) is 17.3. The third-order valence-corrected chi connectivity index (χ3v) is 2.03. The Morgan fingerprint density at radius 3 is 2.56 bits per heavy atom. The number of aromatic hydroxyl groups is 1. The van der Waals surface area contributed by atoms with E-state index in [1.165, 1.54) is 0 Å². The molecular formula is C10H11F2NO3. The van der Waals surface area contributed by atoms with Crippen LogP contribution in [-0.2, 0) is 11.2 Å². The Hall–Kier alpha value is -1.69. The fourth-order valence-electron chi connectivity index (χ4n) is 1.31. The Labute approximate surface area is 90.3 Å². The van der Waals surface area contributed by atoms with Crippen molar-refractivity contribution in [2.75, 3.05) is 0 Å². The Balaban J connectivity index is 2.81. The molecule has 0 aromatic heterocycles. The van der Waals surface area contributed by atoms with Crippen molar-refractivity contribution in [1.82, 2.24) is 0 Å². The van der Waals surface area contributed by atoms with Crippen LogP contribution in [0.1, 0.15) is 12.0 Å². The number of hydrogen-bond acceptors (Lipinski definition) is 3. The van der Waals surface area contributed by atoms with Gasteiger partial charge in [0.05, 0.1) is 6.42 Å². The van der Waals surface area contributed by atoms with E-state index in [9.17, 15) is 13.6 Å². The minimum atomic E-state index is -1.10. The summed E-state index contributed by atoms with van der Waals surface area (Å²) >= 11 is 0. The lowest BCUT2D eigenvalue weighted by Gasteiger charge is -2.10. The molecule has 0 aliphatic heterocycles. The number of benzene rings is 1. The largest absolute Gasteiger partial charge is 0.505 e. The molecule has 0 fully saturated rings. The maximum Gasteiger partial charge on any atom is 0.304 e. The van der Waals surface area contributed by atoms with Crippen LogP contribution in [0.2, 0.25) is 0 Å². The molecule has 0 heterocycles. The Kier molecular flexibility index (Phi) is 3.78. The molecular weight excluding hydrogens is 220 g/mol. The number of aliphatic carboxylic acids is 1. The number of carboxylic acid groups (broad SMARTS) is 1. The molecule has 4 N–H and O–H groups in total. The second kappa shape index (κ2) is 4.89. The van der Waals surface area contributed by atoms with Crippen LogP contribution in [0.3, 0.4) is 0 Å². The normalized spacial score (nSPS) is 12.4. The Morgan fingerprint density at radius 2 is 2.00 bits per heavy atom. The molecule has 4 nitrogen and oxygen atoms in total. The van der Waals surface area contributed by atoms with E-state index in [0.717, 1.165) is 6.07 Å². The minimum absolute atomic E-state index is 0.0518. The van der Waals surface area contributed by atoms with E-state index in [1.54, 1.807) is 0 Å². The molecule has 88 valence electrons. The average molecular weight is 231 g/mol. The van der Waals surface area contributed by atoms with Gasteiger partial charge in [-0.05, 0) is 18.1 Å². The quantitative estimate of drug-likeness (QED) is 0.722. The van der Waals surface area contributed by atoms with Gasteiger partial charge < -0.3 is 15.9 Å². The van der Waals surface area contributed by atoms with Crippen molar-refractivity contribution < 1.29 is 23.8 Å². The lowest BCUT2D eigenvalue weighted by Crippen LogP contribution is -2.26. The first-order valence-electron chi connectivity index (χ1n) is 4.54. The monoisotopic (exact) mass is 231 g/mol. The molecule has 0 unspecified atom stereocenters. The molecule has 0 radical (unpaired) electrons. The molecule has 0 saturated heterocycles. The highest BCUT2D eigenvalue weighted by molar-refractivity contribution is 5.67. The Morgan fingerprint density at radius 1 is 1.38 bits per heavy atom. The first-order chi connectivity index (χ1) is 7.40. The lowest BCUT2D eigenvalue weighted by atomic mass is 10.0. The van der Waals surface area contributed by atoms with Crippen LogP contribution >= 0.6 is 0 Å². The van der Waals surface area contributed by atoms with E-state index < -0.39 is 29.4 Å². The number of phenols is 1. The van der Waals surface area contributed by atoms with Gasteiger partial charge in [-0.1, -0.05) is 0 Å². The molecule has 0 saturated carbocycles. The summed E-state index contributed by atoms with van der Waals surface area (Å²) in [6, 6.07) is 0.654. The van der Waals surface area contributed by atoms with Gasteiger partial charge in [-0.15, -0.1) is 0 Å². The van der Waals surface area contributed by atoms with Gasteiger partial charge in [-0.2, -0.15) is 0 Å². The van der Waals surface area contributed by atoms with Crippen molar-refractivity contribution in [3.63, 3.8) is 0 Å². The summed E-state index contributed by atoms with van der Waals surface area (Å²) in [7, 11) is 0. The Bertz CT molecular complexity index is 409. The van der Waals surface area contributed by atoms with Crippen LogP contribution in [0.5, 0.6) is 5.75 Å². The lowest BCUT2D eigenvalue weighted by molar-refractivity contribution is -0.137. The average Bonchev–Trinajstić information content (AvgIpc) is 2.12.